The van der Waals surface area contributed by atoms with Crippen LogP contribution in [0.15, 0.2) is 54.6 Å². The van der Waals surface area contributed by atoms with Crippen LogP contribution in [-0.2, 0) is 14.9 Å². The topological polar surface area (TPSA) is 47.6 Å². The lowest BCUT2D eigenvalue weighted by atomic mass is 9.72. The highest BCUT2D eigenvalue weighted by Crippen LogP contribution is 2.41. The zero-order valence-corrected chi connectivity index (χ0v) is 14.0. The Hall–Kier alpha value is -2.33. The van der Waals surface area contributed by atoms with Crippen molar-refractivity contribution < 1.29 is 14.3 Å². The Labute approximate surface area is 142 Å². The van der Waals surface area contributed by atoms with E-state index in [2.05, 4.69) is 5.32 Å². The lowest BCUT2D eigenvalue weighted by Crippen LogP contribution is -2.46. The second-order valence-corrected chi connectivity index (χ2v) is 5.96. The zero-order chi connectivity index (χ0) is 16.8. The molecule has 24 heavy (non-hydrogen) atoms. The number of carbonyl (C=O) groups excluding carboxylic acids is 1. The van der Waals surface area contributed by atoms with Gasteiger partial charge < -0.3 is 14.8 Å². The fourth-order valence-corrected chi connectivity index (χ4v) is 3.27. The van der Waals surface area contributed by atoms with Crippen molar-refractivity contribution in [3.05, 3.63) is 60.2 Å². The minimum absolute atomic E-state index is 0.157. The second-order valence-electron chi connectivity index (χ2n) is 5.96. The van der Waals surface area contributed by atoms with Crippen LogP contribution in [0.1, 0.15) is 25.3 Å². The van der Waals surface area contributed by atoms with Gasteiger partial charge in [-0.15, -0.1) is 0 Å². The number of esters is 1. The van der Waals surface area contributed by atoms with Crippen molar-refractivity contribution in [2.75, 3.05) is 19.7 Å². The predicted octanol–water partition coefficient (Wildman–Crippen LogP) is 3.66. The van der Waals surface area contributed by atoms with Crippen LogP contribution in [0.2, 0.25) is 0 Å². The molecule has 0 radical (unpaired) electrons. The van der Waals surface area contributed by atoms with Gasteiger partial charge in [0.2, 0.25) is 0 Å². The van der Waals surface area contributed by atoms with Gasteiger partial charge in [0.1, 0.15) is 11.5 Å². The van der Waals surface area contributed by atoms with Crippen LogP contribution in [-0.4, -0.2) is 25.7 Å². The normalized spacial score (nSPS) is 16.4. The van der Waals surface area contributed by atoms with Gasteiger partial charge in [0, 0.05) is 5.56 Å². The van der Waals surface area contributed by atoms with Crippen LogP contribution < -0.4 is 10.1 Å². The Kier molecular flexibility index (Phi) is 5.16. The maximum absolute atomic E-state index is 12.8. The van der Waals surface area contributed by atoms with Gasteiger partial charge in [-0.05, 0) is 51.1 Å². The van der Waals surface area contributed by atoms with E-state index in [1.165, 1.54) is 0 Å². The predicted molar refractivity (Wildman–Crippen MR) is 93.4 cm³/mol. The van der Waals surface area contributed by atoms with E-state index in [9.17, 15) is 4.79 Å². The summed E-state index contributed by atoms with van der Waals surface area (Å²) in [7, 11) is 0. The summed E-state index contributed by atoms with van der Waals surface area (Å²) in [6.45, 7) is 3.81. The third kappa shape index (κ3) is 3.29. The van der Waals surface area contributed by atoms with Gasteiger partial charge in [-0.25, -0.2) is 0 Å². The summed E-state index contributed by atoms with van der Waals surface area (Å²) in [6.07, 6.45) is 1.42. The van der Waals surface area contributed by atoms with Gasteiger partial charge in [0.15, 0.2) is 0 Å². The molecule has 1 heterocycles. The van der Waals surface area contributed by atoms with Gasteiger partial charge in [-0.2, -0.15) is 0 Å². The summed E-state index contributed by atoms with van der Waals surface area (Å²) < 4.78 is 11.5. The van der Waals surface area contributed by atoms with Crippen LogP contribution in [0.3, 0.4) is 0 Å². The largest absolute Gasteiger partial charge is 0.465 e. The number of nitrogens with one attached hydrogen (secondary N) is 1. The summed E-state index contributed by atoms with van der Waals surface area (Å²) in [4.78, 5) is 12.8. The third-order valence-electron chi connectivity index (χ3n) is 4.50. The number of hydrogen-bond donors (Lipinski definition) is 1. The monoisotopic (exact) mass is 325 g/mol. The SMILES string of the molecule is CCOC(=O)C1(c2ccccc2Oc2ccccc2)CCNCC1. The third-order valence-corrected chi connectivity index (χ3v) is 4.50. The molecule has 0 spiro atoms. The van der Waals surface area contributed by atoms with Crippen LogP contribution >= 0.6 is 0 Å². The Balaban J connectivity index is 2.00. The first-order chi connectivity index (χ1) is 11.8. The van der Waals surface area contributed by atoms with E-state index in [1.807, 2.05) is 61.5 Å². The molecule has 0 atom stereocenters. The maximum atomic E-state index is 12.8. The van der Waals surface area contributed by atoms with Crippen molar-refractivity contribution in [1.29, 1.82) is 0 Å². The molecule has 0 aromatic heterocycles. The van der Waals surface area contributed by atoms with Crippen LogP contribution in [0.25, 0.3) is 0 Å². The molecule has 0 bridgehead atoms. The van der Waals surface area contributed by atoms with Crippen LogP contribution in [0.4, 0.5) is 0 Å². The van der Waals surface area contributed by atoms with E-state index in [1.54, 1.807) is 0 Å². The molecule has 2 aromatic rings. The Morgan fingerprint density at radius 2 is 1.71 bits per heavy atom. The van der Waals surface area contributed by atoms with E-state index >= 15 is 0 Å². The smallest absolute Gasteiger partial charge is 0.316 e. The summed E-state index contributed by atoms with van der Waals surface area (Å²) in [6, 6.07) is 17.4. The summed E-state index contributed by atoms with van der Waals surface area (Å²) in [5.74, 6) is 1.33. The molecule has 1 saturated heterocycles. The quantitative estimate of drug-likeness (QED) is 0.852. The van der Waals surface area contributed by atoms with E-state index in [0.717, 1.165) is 30.2 Å². The highest BCUT2D eigenvalue weighted by atomic mass is 16.5. The van der Waals surface area contributed by atoms with E-state index < -0.39 is 5.41 Å². The Morgan fingerprint density at radius 3 is 2.42 bits per heavy atom. The van der Waals surface area contributed by atoms with Crippen molar-refractivity contribution in [1.82, 2.24) is 5.32 Å². The fraction of sp³-hybridized carbons (Fsp3) is 0.350. The van der Waals surface area contributed by atoms with Crippen LogP contribution in [0, 0.1) is 0 Å². The molecule has 1 aliphatic heterocycles. The van der Waals surface area contributed by atoms with Crippen molar-refractivity contribution in [2.45, 2.75) is 25.2 Å². The number of carbonyl (C=O) groups is 1. The van der Waals surface area contributed by atoms with Gasteiger partial charge >= 0.3 is 5.97 Å². The molecule has 0 aliphatic carbocycles. The van der Waals surface area contributed by atoms with Gasteiger partial charge in [-0.3, -0.25) is 4.79 Å². The summed E-state index contributed by atoms with van der Waals surface area (Å²) in [5.41, 5.74) is 0.265. The second kappa shape index (κ2) is 7.49. The molecule has 1 fully saturated rings. The number of rotatable bonds is 5. The van der Waals surface area contributed by atoms with Crippen molar-refractivity contribution >= 4 is 5.97 Å². The van der Waals surface area contributed by atoms with Gasteiger partial charge in [0.05, 0.1) is 12.0 Å². The molecule has 126 valence electrons. The lowest BCUT2D eigenvalue weighted by Gasteiger charge is -2.36. The summed E-state index contributed by atoms with van der Waals surface area (Å²) in [5, 5.41) is 3.33. The minimum atomic E-state index is -0.646. The average Bonchev–Trinajstić information content (AvgIpc) is 2.64. The molecular formula is C20H23NO3. The van der Waals surface area contributed by atoms with Crippen molar-refractivity contribution in [3.8, 4) is 11.5 Å². The first kappa shape index (κ1) is 16.5. The first-order valence-corrected chi connectivity index (χ1v) is 8.46. The fourth-order valence-electron chi connectivity index (χ4n) is 3.27. The van der Waals surface area contributed by atoms with Crippen molar-refractivity contribution in [2.24, 2.45) is 0 Å². The van der Waals surface area contributed by atoms with Crippen LogP contribution in [0.5, 0.6) is 11.5 Å². The summed E-state index contributed by atoms with van der Waals surface area (Å²) >= 11 is 0. The van der Waals surface area contributed by atoms with E-state index in [-0.39, 0.29) is 5.97 Å². The zero-order valence-electron chi connectivity index (χ0n) is 14.0. The first-order valence-electron chi connectivity index (χ1n) is 8.46. The number of ether oxygens (including phenoxy) is 2. The van der Waals surface area contributed by atoms with E-state index in [4.69, 9.17) is 9.47 Å². The number of hydrogen-bond acceptors (Lipinski definition) is 4. The lowest BCUT2D eigenvalue weighted by molar-refractivity contribution is -0.151. The molecule has 0 amide bonds. The number of benzene rings is 2. The van der Waals surface area contributed by atoms with Gasteiger partial charge in [-0.1, -0.05) is 36.4 Å². The average molecular weight is 325 g/mol. The molecule has 1 N–H and O–H groups in total. The Morgan fingerprint density at radius 1 is 1.04 bits per heavy atom. The Bertz CT molecular complexity index is 678. The van der Waals surface area contributed by atoms with Gasteiger partial charge in [0.25, 0.3) is 0 Å². The molecule has 3 rings (SSSR count). The van der Waals surface area contributed by atoms with Crippen molar-refractivity contribution in [3.63, 3.8) is 0 Å². The molecule has 4 heteroatoms. The molecule has 1 aliphatic rings. The molecule has 0 unspecified atom stereocenters. The molecular weight excluding hydrogens is 302 g/mol. The number of para-hydroxylation sites is 2. The number of piperidine rings is 1. The molecule has 4 nitrogen and oxygen atoms in total. The highest BCUT2D eigenvalue weighted by Gasteiger charge is 2.44. The minimum Gasteiger partial charge on any atom is -0.465 e. The molecule has 2 aromatic carbocycles. The molecule has 0 saturated carbocycles. The van der Waals surface area contributed by atoms with E-state index in [0.29, 0.717) is 19.4 Å². The standard InChI is InChI=1S/C20H23NO3/c1-2-23-19(22)20(12-14-21-15-13-20)17-10-6-7-11-18(17)24-16-8-4-3-5-9-16/h3-11,21H,2,12-15H2,1H3. The highest BCUT2D eigenvalue weighted by molar-refractivity contribution is 5.84. The maximum Gasteiger partial charge on any atom is 0.316 e.